The fraction of sp³-hybridized carbons (Fsp3) is 0.500. The molecule has 1 heterocycles. The molecule has 17 heavy (non-hydrogen) atoms. The maximum atomic E-state index is 11.4. The Morgan fingerprint density at radius 3 is 2.41 bits per heavy atom. The summed E-state index contributed by atoms with van der Waals surface area (Å²) < 4.78 is 5.29. The van der Waals surface area contributed by atoms with Crippen molar-refractivity contribution in [3.63, 3.8) is 0 Å². The molecule has 0 saturated carbocycles. The summed E-state index contributed by atoms with van der Waals surface area (Å²) >= 11 is 0. The Bertz CT molecular complexity index is 377. The second-order valence-corrected chi connectivity index (χ2v) is 4.68. The van der Waals surface area contributed by atoms with Gasteiger partial charge in [0.1, 0.15) is 0 Å². The summed E-state index contributed by atoms with van der Waals surface area (Å²) in [5, 5.41) is 9.41. The van der Waals surface area contributed by atoms with Crippen molar-refractivity contribution in [2.24, 2.45) is 5.92 Å². The lowest BCUT2D eigenvalue weighted by atomic mass is 9.81. The largest absolute Gasteiger partial charge is 0.481 e. The third-order valence-corrected chi connectivity index (χ3v) is 3.44. The van der Waals surface area contributed by atoms with E-state index in [1.807, 2.05) is 31.2 Å². The van der Waals surface area contributed by atoms with Crippen LogP contribution in [0.5, 0.6) is 0 Å². The van der Waals surface area contributed by atoms with E-state index in [2.05, 4.69) is 0 Å². The summed E-state index contributed by atoms with van der Waals surface area (Å²) in [6, 6.07) is 7.82. The molecule has 0 unspecified atom stereocenters. The molecule has 1 aromatic carbocycles. The van der Waals surface area contributed by atoms with Gasteiger partial charge in [0.25, 0.3) is 0 Å². The van der Waals surface area contributed by atoms with Gasteiger partial charge in [-0.25, -0.2) is 0 Å². The summed E-state index contributed by atoms with van der Waals surface area (Å²) in [6.07, 6.45) is 1.68. The summed E-state index contributed by atoms with van der Waals surface area (Å²) in [6.45, 7) is 3.37. The summed E-state index contributed by atoms with van der Waals surface area (Å²) in [7, 11) is 0. The van der Waals surface area contributed by atoms with Gasteiger partial charge >= 0.3 is 5.97 Å². The molecular weight excluding hydrogens is 216 g/mol. The highest BCUT2D eigenvalue weighted by Crippen LogP contribution is 2.32. The molecule has 1 atom stereocenters. The zero-order valence-electron chi connectivity index (χ0n) is 10.1. The minimum atomic E-state index is -0.722. The highest BCUT2D eigenvalue weighted by molar-refractivity contribution is 5.76. The maximum absolute atomic E-state index is 11.4. The minimum absolute atomic E-state index is 0.198. The number of hydrogen-bond donors (Lipinski definition) is 1. The molecule has 3 nitrogen and oxygen atoms in total. The first-order valence-electron chi connectivity index (χ1n) is 6.05. The Kier molecular flexibility index (Phi) is 3.79. The van der Waals surface area contributed by atoms with Crippen molar-refractivity contribution in [1.82, 2.24) is 0 Å². The lowest BCUT2D eigenvalue weighted by Gasteiger charge is -2.27. The van der Waals surface area contributed by atoms with Crippen molar-refractivity contribution >= 4 is 5.97 Å². The van der Waals surface area contributed by atoms with Crippen LogP contribution in [0.3, 0.4) is 0 Å². The van der Waals surface area contributed by atoms with Crippen LogP contribution < -0.4 is 0 Å². The van der Waals surface area contributed by atoms with Crippen LogP contribution in [0.15, 0.2) is 24.3 Å². The van der Waals surface area contributed by atoms with Gasteiger partial charge in [-0.1, -0.05) is 29.8 Å². The maximum Gasteiger partial charge on any atom is 0.311 e. The van der Waals surface area contributed by atoms with E-state index in [9.17, 15) is 9.90 Å². The smallest absolute Gasteiger partial charge is 0.311 e. The van der Waals surface area contributed by atoms with E-state index in [0.29, 0.717) is 13.2 Å². The second kappa shape index (κ2) is 5.32. The molecular formula is C14H18O3. The van der Waals surface area contributed by atoms with Gasteiger partial charge in [-0.3, -0.25) is 4.79 Å². The second-order valence-electron chi connectivity index (χ2n) is 4.68. The van der Waals surface area contributed by atoms with E-state index in [1.54, 1.807) is 0 Å². The molecule has 0 aliphatic carbocycles. The van der Waals surface area contributed by atoms with Crippen molar-refractivity contribution < 1.29 is 14.6 Å². The quantitative estimate of drug-likeness (QED) is 0.874. The SMILES string of the molecule is Cc1ccc([C@@H](C(=O)O)C2CCOCC2)cc1. The average Bonchev–Trinajstić information content (AvgIpc) is 2.33. The number of hydrogen-bond acceptors (Lipinski definition) is 2. The van der Waals surface area contributed by atoms with Crippen LogP contribution in [0, 0.1) is 12.8 Å². The lowest BCUT2D eigenvalue weighted by molar-refractivity contribution is -0.141. The van der Waals surface area contributed by atoms with E-state index >= 15 is 0 Å². The van der Waals surface area contributed by atoms with Crippen LogP contribution in [-0.2, 0) is 9.53 Å². The van der Waals surface area contributed by atoms with E-state index in [0.717, 1.165) is 24.0 Å². The molecule has 92 valence electrons. The zero-order valence-corrected chi connectivity index (χ0v) is 10.1. The highest BCUT2D eigenvalue weighted by atomic mass is 16.5. The molecule has 3 heteroatoms. The molecule has 0 aromatic heterocycles. The fourth-order valence-electron chi connectivity index (χ4n) is 2.44. The number of aliphatic carboxylic acids is 1. The number of ether oxygens (including phenoxy) is 1. The van der Waals surface area contributed by atoms with Gasteiger partial charge in [-0.2, -0.15) is 0 Å². The third-order valence-electron chi connectivity index (χ3n) is 3.44. The molecule has 1 aliphatic heterocycles. The van der Waals surface area contributed by atoms with Gasteiger partial charge in [-0.15, -0.1) is 0 Å². The van der Waals surface area contributed by atoms with Crippen molar-refractivity contribution in [3.05, 3.63) is 35.4 Å². The minimum Gasteiger partial charge on any atom is -0.481 e. The number of carboxylic acid groups (broad SMARTS) is 1. The van der Waals surface area contributed by atoms with Gasteiger partial charge in [0.15, 0.2) is 0 Å². The molecule has 0 radical (unpaired) electrons. The zero-order chi connectivity index (χ0) is 12.3. The molecule has 0 amide bonds. The topological polar surface area (TPSA) is 46.5 Å². The fourth-order valence-corrected chi connectivity index (χ4v) is 2.44. The van der Waals surface area contributed by atoms with Crippen molar-refractivity contribution in [2.75, 3.05) is 13.2 Å². The van der Waals surface area contributed by atoms with Gasteiger partial charge in [-0.05, 0) is 31.2 Å². The molecule has 1 saturated heterocycles. The van der Waals surface area contributed by atoms with Crippen LogP contribution in [-0.4, -0.2) is 24.3 Å². The normalized spacial score (nSPS) is 18.9. The first-order chi connectivity index (χ1) is 8.18. The monoisotopic (exact) mass is 234 g/mol. The molecule has 2 rings (SSSR count). The predicted octanol–water partition coefficient (Wildman–Crippen LogP) is 2.59. The first-order valence-corrected chi connectivity index (χ1v) is 6.05. The van der Waals surface area contributed by atoms with E-state index in [4.69, 9.17) is 4.74 Å². The summed E-state index contributed by atoms with van der Waals surface area (Å²) in [5.41, 5.74) is 2.07. The van der Waals surface area contributed by atoms with Gasteiger partial charge < -0.3 is 9.84 Å². The Balaban J connectivity index is 2.21. The van der Waals surface area contributed by atoms with Gasteiger partial charge in [0, 0.05) is 13.2 Å². The molecule has 0 bridgehead atoms. The Hall–Kier alpha value is -1.35. The molecule has 1 aliphatic rings. The van der Waals surface area contributed by atoms with Crippen molar-refractivity contribution in [3.8, 4) is 0 Å². The van der Waals surface area contributed by atoms with Crippen LogP contribution in [0.25, 0.3) is 0 Å². The number of aryl methyl sites for hydroxylation is 1. The number of carbonyl (C=O) groups is 1. The lowest BCUT2D eigenvalue weighted by Crippen LogP contribution is -2.27. The van der Waals surface area contributed by atoms with Crippen LogP contribution in [0.4, 0.5) is 0 Å². The number of rotatable bonds is 3. The molecule has 1 aromatic rings. The molecule has 0 spiro atoms. The van der Waals surface area contributed by atoms with E-state index in [1.165, 1.54) is 0 Å². The third kappa shape index (κ3) is 2.86. The first kappa shape index (κ1) is 12.1. The van der Waals surface area contributed by atoms with Gasteiger partial charge in [0.05, 0.1) is 5.92 Å². The standard InChI is InChI=1S/C14H18O3/c1-10-2-4-11(5-3-10)13(14(15)16)12-6-8-17-9-7-12/h2-5,12-13H,6-9H2,1H3,(H,15,16)/t13-/m1/s1. The van der Waals surface area contributed by atoms with Crippen LogP contribution >= 0.6 is 0 Å². The Morgan fingerprint density at radius 2 is 1.88 bits per heavy atom. The van der Waals surface area contributed by atoms with Crippen LogP contribution in [0.2, 0.25) is 0 Å². The van der Waals surface area contributed by atoms with Crippen LogP contribution in [0.1, 0.15) is 29.9 Å². The number of benzene rings is 1. The summed E-state index contributed by atoms with van der Waals surface area (Å²) in [4.78, 5) is 11.4. The predicted molar refractivity (Wildman–Crippen MR) is 65.1 cm³/mol. The number of carboxylic acids is 1. The highest BCUT2D eigenvalue weighted by Gasteiger charge is 2.30. The van der Waals surface area contributed by atoms with Crippen molar-refractivity contribution in [2.45, 2.75) is 25.7 Å². The molecule has 1 N–H and O–H groups in total. The average molecular weight is 234 g/mol. The van der Waals surface area contributed by atoms with E-state index < -0.39 is 5.97 Å². The molecule has 1 fully saturated rings. The summed E-state index contributed by atoms with van der Waals surface area (Å²) in [5.74, 6) is -0.913. The van der Waals surface area contributed by atoms with E-state index in [-0.39, 0.29) is 11.8 Å². The Labute approximate surface area is 101 Å². The Morgan fingerprint density at radius 1 is 1.29 bits per heavy atom. The van der Waals surface area contributed by atoms with Crippen molar-refractivity contribution in [1.29, 1.82) is 0 Å². The van der Waals surface area contributed by atoms with Gasteiger partial charge in [0.2, 0.25) is 0 Å².